The van der Waals surface area contributed by atoms with E-state index in [9.17, 15) is 18.0 Å². The van der Waals surface area contributed by atoms with Crippen molar-refractivity contribution in [2.75, 3.05) is 5.32 Å². The SMILES string of the molecule is O=C1Nc2ccccc2C1Cc1cccc(C(F)(F)F)c1. The maximum Gasteiger partial charge on any atom is 0.416 e. The first-order chi connectivity index (χ1) is 9.95. The lowest BCUT2D eigenvalue weighted by atomic mass is 9.92. The third-order valence-corrected chi connectivity index (χ3v) is 3.60. The van der Waals surface area contributed by atoms with E-state index in [0.29, 0.717) is 5.56 Å². The fourth-order valence-corrected chi connectivity index (χ4v) is 2.59. The van der Waals surface area contributed by atoms with Crippen LogP contribution in [0.5, 0.6) is 0 Å². The van der Waals surface area contributed by atoms with Gasteiger partial charge in [-0.05, 0) is 29.7 Å². The number of nitrogens with one attached hydrogen (secondary N) is 1. The van der Waals surface area contributed by atoms with Crippen molar-refractivity contribution in [1.29, 1.82) is 0 Å². The number of halogens is 3. The Balaban J connectivity index is 1.89. The lowest BCUT2D eigenvalue weighted by molar-refractivity contribution is -0.137. The Hall–Kier alpha value is -2.30. The minimum absolute atomic E-state index is 0.173. The van der Waals surface area contributed by atoms with Crippen LogP contribution >= 0.6 is 0 Å². The second kappa shape index (κ2) is 4.91. The summed E-state index contributed by atoms with van der Waals surface area (Å²) in [6, 6.07) is 12.4. The van der Waals surface area contributed by atoms with Gasteiger partial charge in [0.05, 0.1) is 11.5 Å². The van der Waals surface area contributed by atoms with Crippen molar-refractivity contribution in [3.63, 3.8) is 0 Å². The maximum absolute atomic E-state index is 12.7. The molecule has 1 amide bonds. The van der Waals surface area contributed by atoms with Crippen LogP contribution in [0.15, 0.2) is 48.5 Å². The second-order valence-corrected chi connectivity index (χ2v) is 5.03. The first-order valence-corrected chi connectivity index (χ1v) is 6.51. The van der Waals surface area contributed by atoms with Crippen LogP contribution in [0.2, 0.25) is 0 Å². The molecule has 0 spiro atoms. The number of hydrogen-bond acceptors (Lipinski definition) is 1. The Labute approximate surface area is 119 Å². The summed E-state index contributed by atoms with van der Waals surface area (Å²) in [5.74, 6) is -0.613. The van der Waals surface area contributed by atoms with Crippen molar-refractivity contribution in [2.24, 2.45) is 0 Å². The summed E-state index contributed by atoms with van der Waals surface area (Å²) >= 11 is 0. The highest BCUT2D eigenvalue weighted by Gasteiger charge is 2.32. The molecule has 1 heterocycles. The summed E-state index contributed by atoms with van der Waals surface area (Å²) in [6.07, 6.45) is -4.11. The molecule has 1 aliphatic heterocycles. The lowest BCUT2D eigenvalue weighted by Crippen LogP contribution is -2.14. The predicted molar refractivity (Wildman–Crippen MR) is 73.0 cm³/mol. The fraction of sp³-hybridized carbons (Fsp3) is 0.188. The molecule has 3 rings (SSSR count). The molecule has 1 unspecified atom stereocenters. The molecule has 5 heteroatoms. The van der Waals surface area contributed by atoms with E-state index in [1.165, 1.54) is 6.07 Å². The predicted octanol–water partition coefficient (Wildman–Crippen LogP) is 3.98. The van der Waals surface area contributed by atoms with Crippen LogP contribution in [0.1, 0.15) is 22.6 Å². The van der Waals surface area contributed by atoms with Crippen LogP contribution in [0.3, 0.4) is 0 Å². The van der Waals surface area contributed by atoms with Crippen molar-refractivity contribution in [1.82, 2.24) is 0 Å². The lowest BCUT2D eigenvalue weighted by Gasteiger charge is -2.11. The molecule has 0 saturated carbocycles. The molecular weight excluding hydrogens is 279 g/mol. The van der Waals surface area contributed by atoms with E-state index in [4.69, 9.17) is 0 Å². The molecule has 0 aromatic heterocycles. The van der Waals surface area contributed by atoms with Crippen molar-refractivity contribution in [3.8, 4) is 0 Å². The van der Waals surface area contributed by atoms with E-state index in [1.807, 2.05) is 18.2 Å². The molecule has 108 valence electrons. The largest absolute Gasteiger partial charge is 0.416 e. The summed E-state index contributed by atoms with van der Waals surface area (Å²) in [5.41, 5.74) is 1.38. The smallest absolute Gasteiger partial charge is 0.325 e. The Kier molecular flexibility index (Phi) is 3.20. The number of hydrogen-bond donors (Lipinski definition) is 1. The molecular formula is C16H12F3NO. The zero-order valence-electron chi connectivity index (χ0n) is 10.9. The van der Waals surface area contributed by atoms with Gasteiger partial charge in [-0.25, -0.2) is 0 Å². The molecule has 2 nitrogen and oxygen atoms in total. The number of carbonyl (C=O) groups is 1. The summed E-state index contributed by atoms with van der Waals surface area (Å²) in [7, 11) is 0. The van der Waals surface area contributed by atoms with Crippen LogP contribution in [-0.2, 0) is 17.4 Å². The highest BCUT2D eigenvalue weighted by Crippen LogP contribution is 2.35. The third-order valence-electron chi connectivity index (χ3n) is 3.60. The second-order valence-electron chi connectivity index (χ2n) is 5.03. The Morgan fingerprint density at radius 1 is 1.05 bits per heavy atom. The van der Waals surface area contributed by atoms with Gasteiger partial charge in [0.1, 0.15) is 0 Å². The Morgan fingerprint density at radius 3 is 2.57 bits per heavy atom. The Bertz CT molecular complexity index is 694. The molecule has 21 heavy (non-hydrogen) atoms. The number of alkyl halides is 3. The number of carbonyl (C=O) groups excluding carboxylic acids is 1. The minimum Gasteiger partial charge on any atom is -0.325 e. The monoisotopic (exact) mass is 291 g/mol. The third kappa shape index (κ3) is 2.63. The fourth-order valence-electron chi connectivity index (χ4n) is 2.59. The average Bonchev–Trinajstić information content (AvgIpc) is 2.75. The van der Waals surface area contributed by atoms with E-state index >= 15 is 0 Å². The van der Waals surface area contributed by atoms with Crippen molar-refractivity contribution < 1.29 is 18.0 Å². The zero-order valence-corrected chi connectivity index (χ0v) is 10.9. The average molecular weight is 291 g/mol. The summed E-state index contributed by atoms with van der Waals surface area (Å²) < 4.78 is 38.2. The van der Waals surface area contributed by atoms with Gasteiger partial charge in [-0.15, -0.1) is 0 Å². The zero-order chi connectivity index (χ0) is 15.0. The highest BCUT2D eigenvalue weighted by molar-refractivity contribution is 6.03. The van der Waals surface area contributed by atoms with Crippen LogP contribution in [0.4, 0.5) is 18.9 Å². The van der Waals surface area contributed by atoms with Gasteiger partial charge in [0.15, 0.2) is 0 Å². The van der Waals surface area contributed by atoms with Gasteiger partial charge in [-0.2, -0.15) is 13.2 Å². The normalized spacial score (nSPS) is 17.5. The summed E-state index contributed by atoms with van der Waals surface area (Å²) in [6.45, 7) is 0. The quantitative estimate of drug-likeness (QED) is 0.890. The standard InChI is InChI=1S/C16H12F3NO/c17-16(18,19)11-5-3-4-10(8-11)9-13-12-6-1-2-7-14(12)20-15(13)21/h1-8,13H,9H2,(H,20,21). The van der Waals surface area contributed by atoms with Gasteiger partial charge in [0, 0.05) is 5.69 Å². The molecule has 1 aliphatic rings. The van der Waals surface area contributed by atoms with E-state index < -0.39 is 17.7 Å². The molecule has 1 atom stereocenters. The van der Waals surface area contributed by atoms with E-state index in [1.54, 1.807) is 12.1 Å². The molecule has 2 aromatic carbocycles. The molecule has 0 bridgehead atoms. The van der Waals surface area contributed by atoms with Crippen LogP contribution in [0, 0.1) is 0 Å². The number of amides is 1. The molecule has 0 saturated heterocycles. The molecule has 0 radical (unpaired) electrons. The van der Waals surface area contributed by atoms with Gasteiger partial charge >= 0.3 is 6.18 Å². The van der Waals surface area contributed by atoms with Gasteiger partial charge in [0.25, 0.3) is 0 Å². The first-order valence-electron chi connectivity index (χ1n) is 6.51. The summed E-state index contributed by atoms with van der Waals surface area (Å²) in [4.78, 5) is 12.0. The molecule has 2 aromatic rings. The number of para-hydroxylation sites is 1. The van der Waals surface area contributed by atoms with Crippen LogP contribution < -0.4 is 5.32 Å². The molecule has 1 N–H and O–H groups in total. The summed E-state index contributed by atoms with van der Waals surface area (Å²) in [5, 5.41) is 2.75. The van der Waals surface area contributed by atoms with Gasteiger partial charge in [-0.3, -0.25) is 4.79 Å². The van der Waals surface area contributed by atoms with E-state index in [0.717, 1.165) is 23.4 Å². The first kappa shape index (κ1) is 13.7. The maximum atomic E-state index is 12.7. The van der Waals surface area contributed by atoms with E-state index in [2.05, 4.69) is 5.32 Å². The number of fused-ring (bicyclic) bond motifs is 1. The van der Waals surface area contributed by atoms with Crippen molar-refractivity contribution >= 4 is 11.6 Å². The van der Waals surface area contributed by atoms with Gasteiger partial charge < -0.3 is 5.32 Å². The van der Waals surface area contributed by atoms with Gasteiger partial charge in [0.2, 0.25) is 5.91 Å². The van der Waals surface area contributed by atoms with Crippen molar-refractivity contribution in [3.05, 3.63) is 65.2 Å². The molecule has 0 aliphatic carbocycles. The van der Waals surface area contributed by atoms with Crippen LogP contribution in [-0.4, -0.2) is 5.91 Å². The topological polar surface area (TPSA) is 29.1 Å². The highest BCUT2D eigenvalue weighted by atomic mass is 19.4. The van der Waals surface area contributed by atoms with Gasteiger partial charge in [-0.1, -0.05) is 36.4 Å². The van der Waals surface area contributed by atoms with Crippen molar-refractivity contribution in [2.45, 2.75) is 18.5 Å². The van der Waals surface area contributed by atoms with E-state index in [-0.39, 0.29) is 12.3 Å². The number of rotatable bonds is 2. The number of benzene rings is 2. The van der Waals surface area contributed by atoms with Crippen LogP contribution in [0.25, 0.3) is 0 Å². The Morgan fingerprint density at radius 2 is 1.81 bits per heavy atom. The number of anilines is 1. The minimum atomic E-state index is -4.37. The molecule has 0 fully saturated rings.